The number of non-ortho nitro benzene ring substituents is 1. The third kappa shape index (κ3) is 4.50. The fourth-order valence-corrected chi connectivity index (χ4v) is 2.92. The number of aromatic nitrogens is 2. The molecule has 0 saturated heterocycles. The second kappa shape index (κ2) is 8.62. The van der Waals surface area contributed by atoms with E-state index in [1.54, 1.807) is 43.5 Å². The molecule has 156 valence electrons. The largest absolute Gasteiger partial charge is 0.497 e. The molecular formula is C22H16FN3O5. The van der Waals surface area contributed by atoms with Crippen LogP contribution in [0.2, 0.25) is 0 Å². The smallest absolute Gasteiger partial charge is 0.270 e. The molecule has 0 aliphatic heterocycles. The van der Waals surface area contributed by atoms with Gasteiger partial charge in [0, 0.05) is 23.3 Å². The van der Waals surface area contributed by atoms with Crippen molar-refractivity contribution in [3.63, 3.8) is 0 Å². The molecule has 0 radical (unpaired) electrons. The second-order valence-electron chi connectivity index (χ2n) is 6.47. The summed E-state index contributed by atoms with van der Waals surface area (Å²) in [5.41, 5.74) is 1.80. The molecule has 0 bridgehead atoms. The maximum Gasteiger partial charge on any atom is 0.270 e. The summed E-state index contributed by atoms with van der Waals surface area (Å²) in [6, 6.07) is 17.1. The first kappa shape index (κ1) is 20.0. The number of hydrogen-bond acceptors (Lipinski definition) is 7. The van der Waals surface area contributed by atoms with Crippen LogP contribution in [0.15, 0.2) is 71.3 Å². The van der Waals surface area contributed by atoms with Crippen LogP contribution in [0.4, 0.5) is 10.1 Å². The Balaban J connectivity index is 1.58. The average Bonchev–Trinajstić information content (AvgIpc) is 3.27. The second-order valence-corrected chi connectivity index (χ2v) is 6.47. The van der Waals surface area contributed by atoms with Crippen molar-refractivity contribution in [2.45, 2.75) is 6.61 Å². The van der Waals surface area contributed by atoms with Crippen molar-refractivity contribution >= 4 is 5.69 Å². The van der Waals surface area contributed by atoms with Crippen LogP contribution in [0.25, 0.3) is 22.5 Å². The summed E-state index contributed by atoms with van der Waals surface area (Å²) < 4.78 is 29.3. The minimum absolute atomic E-state index is 0.0465. The highest BCUT2D eigenvalue weighted by Crippen LogP contribution is 2.34. The summed E-state index contributed by atoms with van der Waals surface area (Å²) in [7, 11) is 1.56. The number of ether oxygens (including phenoxy) is 2. The summed E-state index contributed by atoms with van der Waals surface area (Å²) in [6.07, 6.45) is 0. The van der Waals surface area contributed by atoms with Gasteiger partial charge in [-0.2, -0.15) is 4.98 Å². The zero-order chi connectivity index (χ0) is 21.8. The van der Waals surface area contributed by atoms with Crippen LogP contribution in [0, 0.1) is 15.9 Å². The molecule has 0 fully saturated rings. The Hall–Kier alpha value is -4.27. The zero-order valence-electron chi connectivity index (χ0n) is 16.3. The highest BCUT2D eigenvalue weighted by Gasteiger charge is 2.16. The lowest BCUT2D eigenvalue weighted by Gasteiger charge is -2.11. The van der Waals surface area contributed by atoms with E-state index in [1.165, 1.54) is 30.3 Å². The molecule has 0 atom stereocenters. The predicted octanol–water partition coefficient (Wildman–Crippen LogP) is 5.04. The summed E-state index contributed by atoms with van der Waals surface area (Å²) in [6.45, 7) is -0.0465. The lowest BCUT2D eigenvalue weighted by molar-refractivity contribution is -0.384. The Bertz CT molecular complexity index is 1210. The third-order valence-corrected chi connectivity index (χ3v) is 4.50. The normalized spacial score (nSPS) is 10.6. The molecule has 4 rings (SSSR count). The van der Waals surface area contributed by atoms with Crippen molar-refractivity contribution in [3.05, 3.63) is 88.6 Å². The van der Waals surface area contributed by atoms with Gasteiger partial charge in [0.25, 0.3) is 11.6 Å². The fourth-order valence-electron chi connectivity index (χ4n) is 2.92. The molecule has 1 heterocycles. The number of nitro groups is 1. The Morgan fingerprint density at radius 2 is 1.74 bits per heavy atom. The predicted molar refractivity (Wildman–Crippen MR) is 109 cm³/mol. The third-order valence-electron chi connectivity index (χ3n) is 4.50. The van der Waals surface area contributed by atoms with E-state index in [2.05, 4.69) is 10.1 Å². The minimum atomic E-state index is -0.468. The molecule has 4 aromatic rings. The summed E-state index contributed by atoms with van der Waals surface area (Å²) in [5.74, 6) is 1.23. The van der Waals surface area contributed by atoms with Crippen molar-refractivity contribution in [2.75, 3.05) is 7.11 Å². The van der Waals surface area contributed by atoms with Gasteiger partial charge in [-0.1, -0.05) is 17.3 Å². The molecule has 0 unspecified atom stereocenters. The Morgan fingerprint density at radius 3 is 2.42 bits per heavy atom. The van der Waals surface area contributed by atoms with Crippen LogP contribution >= 0.6 is 0 Å². The van der Waals surface area contributed by atoms with E-state index in [1.807, 2.05) is 0 Å². The number of rotatable bonds is 7. The van der Waals surface area contributed by atoms with E-state index in [0.29, 0.717) is 28.5 Å². The molecule has 1 aromatic heterocycles. The van der Waals surface area contributed by atoms with Gasteiger partial charge in [0.05, 0.1) is 12.0 Å². The van der Waals surface area contributed by atoms with Crippen molar-refractivity contribution < 1.29 is 23.3 Å². The quantitative estimate of drug-likeness (QED) is 0.304. The first-order chi connectivity index (χ1) is 15.0. The van der Waals surface area contributed by atoms with Gasteiger partial charge in [0.1, 0.15) is 17.3 Å². The van der Waals surface area contributed by atoms with Crippen molar-refractivity contribution in [1.82, 2.24) is 10.1 Å². The molecule has 0 aliphatic carbocycles. The van der Waals surface area contributed by atoms with Gasteiger partial charge >= 0.3 is 0 Å². The number of nitrogens with zero attached hydrogens (tertiary/aromatic N) is 3. The van der Waals surface area contributed by atoms with E-state index < -0.39 is 4.92 Å². The van der Waals surface area contributed by atoms with Gasteiger partial charge < -0.3 is 14.0 Å². The molecule has 0 saturated carbocycles. The van der Waals surface area contributed by atoms with Gasteiger partial charge in [-0.3, -0.25) is 10.1 Å². The topological polar surface area (TPSA) is 101 Å². The van der Waals surface area contributed by atoms with Gasteiger partial charge in [0.2, 0.25) is 5.82 Å². The van der Waals surface area contributed by atoms with Crippen LogP contribution in [-0.2, 0) is 6.61 Å². The van der Waals surface area contributed by atoms with E-state index >= 15 is 0 Å². The number of benzene rings is 3. The molecule has 0 aliphatic rings. The Labute approximate surface area is 176 Å². The van der Waals surface area contributed by atoms with E-state index in [0.717, 1.165) is 5.56 Å². The summed E-state index contributed by atoms with van der Waals surface area (Å²) >= 11 is 0. The molecule has 0 spiro atoms. The van der Waals surface area contributed by atoms with Crippen LogP contribution in [0.1, 0.15) is 5.89 Å². The first-order valence-electron chi connectivity index (χ1n) is 9.17. The van der Waals surface area contributed by atoms with Crippen LogP contribution < -0.4 is 9.47 Å². The summed E-state index contributed by atoms with van der Waals surface area (Å²) in [4.78, 5) is 15.0. The maximum atomic E-state index is 13.1. The van der Waals surface area contributed by atoms with E-state index in [-0.39, 0.29) is 24.0 Å². The van der Waals surface area contributed by atoms with Crippen molar-refractivity contribution in [2.24, 2.45) is 0 Å². The molecule has 0 N–H and O–H groups in total. The Kier molecular flexibility index (Phi) is 5.57. The van der Waals surface area contributed by atoms with Crippen molar-refractivity contribution in [1.29, 1.82) is 0 Å². The molecule has 0 amide bonds. The fraction of sp³-hybridized carbons (Fsp3) is 0.0909. The number of methoxy groups -OCH3 is 1. The van der Waals surface area contributed by atoms with Gasteiger partial charge in [-0.25, -0.2) is 4.39 Å². The van der Waals surface area contributed by atoms with E-state index in [9.17, 15) is 14.5 Å². The van der Waals surface area contributed by atoms with Crippen LogP contribution in [0.3, 0.4) is 0 Å². The SMILES string of the molecule is COc1ccc(-c2cc([N+](=O)[O-])ccc2OCc2nc(-c3ccc(F)cc3)no2)cc1. The Morgan fingerprint density at radius 1 is 1.03 bits per heavy atom. The lowest BCUT2D eigenvalue weighted by Crippen LogP contribution is -1.99. The number of nitro benzene ring substituents is 1. The molecule has 8 nitrogen and oxygen atoms in total. The minimum Gasteiger partial charge on any atom is -0.497 e. The number of halogens is 1. The average molecular weight is 421 g/mol. The zero-order valence-corrected chi connectivity index (χ0v) is 16.3. The maximum absolute atomic E-state index is 13.1. The van der Waals surface area contributed by atoms with Crippen LogP contribution in [0.5, 0.6) is 11.5 Å². The highest BCUT2D eigenvalue weighted by atomic mass is 19.1. The molecule has 31 heavy (non-hydrogen) atoms. The van der Waals surface area contributed by atoms with Crippen molar-refractivity contribution in [3.8, 4) is 34.0 Å². The standard InChI is InChI=1S/C22H16FN3O5/c1-29-18-9-4-14(5-10-18)19-12-17(26(27)28)8-11-20(19)30-13-21-24-22(25-31-21)15-2-6-16(23)7-3-15/h2-12H,13H2,1H3. The van der Waals surface area contributed by atoms with E-state index in [4.69, 9.17) is 14.0 Å². The van der Waals surface area contributed by atoms with Gasteiger partial charge in [-0.05, 0) is 48.0 Å². The monoisotopic (exact) mass is 421 g/mol. The summed E-state index contributed by atoms with van der Waals surface area (Å²) in [5, 5.41) is 15.1. The van der Waals surface area contributed by atoms with Gasteiger partial charge in [0.15, 0.2) is 6.61 Å². The van der Waals surface area contributed by atoms with Gasteiger partial charge in [-0.15, -0.1) is 0 Å². The highest BCUT2D eigenvalue weighted by molar-refractivity contribution is 5.73. The lowest BCUT2D eigenvalue weighted by atomic mass is 10.0. The molecular weight excluding hydrogens is 405 g/mol. The van der Waals surface area contributed by atoms with Crippen LogP contribution in [-0.4, -0.2) is 22.2 Å². The molecule has 3 aromatic carbocycles. The first-order valence-corrected chi connectivity index (χ1v) is 9.17. The molecule has 9 heteroatoms. The number of hydrogen-bond donors (Lipinski definition) is 0.